The number of rotatable bonds is 6. The summed E-state index contributed by atoms with van der Waals surface area (Å²) in [5.74, 6) is 7.87. The first-order valence-corrected chi connectivity index (χ1v) is 5.63. The van der Waals surface area contributed by atoms with Crippen molar-refractivity contribution in [2.45, 2.75) is 12.2 Å². The number of hydrogen-bond donors (Lipinski definition) is 3. The lowest BCUT2D eigenvalue weighted by Gasteiger charge is -2.06. The minimum Gasteiger partial charge on any atom is -0.396 e. The summed E-state index contributed by atoms with van der Waals surface area (Å²) in [4.78, 5) is 4.10. The molecule has 0 aliphatic rings. The van der Waals surface area contributed by atoms with Crippen LogP contribution in [0.5, 0.6) is 0 Å². The van der Waals surface area contributed by atoms with Crippen molar-refractivity contribution < 1.29 is 5.11 Å². The minimum absolute atomic E-state index is 0.252. The van der Waals surface area contributed by atoms with E-state index in [4.69, 9.17) is 10.9 Å². The zero-order chi connectivity index (χ0) is 10.2. The lowest BCUT2D eigenvalue weighted by atomic mass is 10.3. The Hall–Kier alpha value is -0.780. The van der Waals surface area contributed by atoms with Gasteiger partial charge in [0, 0.05) is 24.1 Å². The predicted molar refractivity (Wildman–Crippen MR) is 59.9 cm³/mol. The van der Waals surface area contributed by atoms with Crippen molar-refractivity contribution in [3.8, 4) is 0 Å². The number of hydrogen-bond acceptors (Lipinski definition) is 5. The monoisotopic (exact) mass is 213 g/mol. The molecule has 0 spiro atoms. The van der Waals surface area contributed by atoms with E-state index in [2.05, 4.69) is 10.4 Å². The Bertz CT molecular complexity index is 270. The van der Waals surface area contributed by atoms with E-state index in [9.17, 15) is 0 Å². The van der Waals surface area contributed by atoms with Crippen LogP contribution >= 0.6 is 11.8 Å². The van der Waals surface area contributed by atoms with Gasteiger partial charge in [-0.2, -0.15) is 11.8 Å². The Balaban J connectivity index is 2.41. The van der Waals surface area contributed by atoms with Gasteiger partial charge < -0.3 is 10.5 Å². The van der Waals surface area contributed by atoms with Crippen molar-refractivity contribution in [3.63, 3.8) is 0 Å². The van der Waals surface area contributed by atoms with E-state index in [0.717, 1.165) is 29.3 Å². The molecule has 0 aromatic carbocycles. The van der Waals surface area contributed by atoms with Crippen LogP contribution in [0.25, 0.3) is 0 Å². The molecular weight excluding hydrogens is 198 g/mol. The van der Waals surface area contributed by atoms with Gasteiger partial charge in [-0.3, -0.25) is 0 Å². The molecule has 0 saturated heterocycles. The first-order valence-electron chi connectivity index (χ1n) is 4.47. The molecule has 1 rings (SSSR count). The SMILES string of the molecule is NNc1ncccc1CSCCCO. The number of anilines is 1. The van der Waals surface area contributed by atoms with Crippen LogP contribution in [0.3, 0.4) is 0 Å². The van der Waals surface area contributed by atoms with Gasteiger partial charge in [-0.05, 0) is 18.2 Å². The molecule has 0 amide bonds. The van der Waals surface area contributed by atoms with Crippen molar-refractivity contribution >= 4 is 17.6 Å². The van der Waals surface area contributed by atoms with Crippen molar-refractivity contribution in [1.82, 2.24) is 4.98 Å². The van der Waals surface area contributed by atoms with Gasteiger partial charge in [0.25, 0.3) is 0 Å². The number of aliphatic hydroxyl groups is 1. The summed E-state index contributed by atoms with van der Waals surface area (Å²) in [5, 5.41) is 8.61. The zero-order valence-corrected chi connectivity index (χ0v) is 8.76. The summed E-state index contributed by atoms with van der Waals surface area (Å²) >= 11 is 1.76. The number of nitrogens with zero attached hydrogens (tertiary/aromatic N) is 1. The molecule has 5 heteroatoms. The van der Waals surface area contributed by atoms with E-state index < -0.39 is 0 Å². The Morgan fingerprint density at radius 3 is 3.14 bits per heavy atom. The second kappa shape index (κ2) is 6.64. The molecule has 0 atom stereocenters. The summed E-state index contributed by atoms with van der Waals surface area (Å²) in [7, 11) is 0. The van der Waals surface area contributed by atoms with E-state index >= 15 is 0 Å². The Morgan fingerprint density at radius 2 is 2.43 bits per heavy atom. The fraction of sp³-hybridized carbons (Fsp3) is 0.444. The maximum Gasteiger partial charge on any atom is 0.143 e. The topological polar surface area (TPSA) is 71.2 Å². The van der Waals surface area contributed by atoms with Gasteiger partial charge in [0.1, 0.15) is 5.82 Å². The Labute approximate surface area is 87.9 Å². The fourth-order valence-corrected chi connectivity index (χ4v) is 1.96. The number of aromatic nitrogens is 1. The third-order valence-electron chi connectivity index (χ3n) is 1.73. The van der Waals surface area contributed by atoms with Crippen molar-refractivity contribution in [2.24, 2.45) is 5.84 Å². The predicted octanol–water partition coefficient (Wildman–Crippen LogP) is 0.983. The van der Waals surface area contributed by atoms with Crippen molar-refractivity contribution in [2.75, 3.05) is 17.8 Å². The Kier molecular flexibility index (Phi) is 5.36. The molecule has 0 bridgehead atoms. The molecule has 1 aromatic heterocycles. The first-order chi connectivity index (χ1) is 6.88. The number of pyridine rings is 1. The van der Waals surface area contributed by atoms with Crippen molar-refractivity contribution in [3.05, 3.63) is 23.9 Å². The van der Waals surface area contributed by atoms with Crippen LogP contribution in [0, 0.1) is 0 Å². The van der Waals surface area contributed by atoms with Gasteiger partial charge in [-0.15, -0.1) is 0 Å². The average Bonchev–Trinajstić information content (AvgIpc) is 2.25. The summed E-state index contributed by atoms with van der Waals surface area (Å²) in [6.07, 6.45) is 2.54. The molecule has 1 aromatic rings. The second-order valence-electron chi connectivity index (χ2n) is 2.79. The third-order valence-corrected chi connectivity index (χ3v) is 2.82. The van der Waals surface area contributed by atoms with Crippen LogP contribution in [0.2, 0.25) is 0 Å². The van der Waals surface area contributed by atoms with E-state index in [1.54, 1.807) is 18.0 Å². The van der Waals surface area contributed by atoms with Crippen LogP contribution in [0.15, 0.2) is 18.3 Å². The molecule has 0 unspecified atom stereocenters. The van der Waals surface area contributed by atoms with Gasteiger partial charge in [0.15, 0.2) is 0 Å². The molecule has 78 valence electrons. The van der Waals surface area contributed by atoms with E-state index in [0.29, 0.717) is 0 Å². The normalized spacial score (nSPS) is 10.1. The minimum atomic E-state index is 0.252. The molecule has 0 aliphatic heterocycles. The van der Waals surface area contributed by atoms with Crippen LogP contribution in [-0.2, 0) is 5.75 Å². The van der Waals surface area contributed by atoms with E-state index in [-0.39, 0.29) is 6.61 Å². The number of hydrazine groups is 1. The quantitative estimate of drug-likeness (QED) is 0.373. The third kappa shape index (κ3) is 3.53. The standard InChI is InChI=1S/C9H15N3OS/c10-12-9-8(3-1-4-11-9)7-14-6-2-5-13/h1,3-4,13H,2,5-7,10H2,(H,11,12). The Morgan fingerprint density at radius 1 is 1.57 bits per heavy atom. The highest BCUT2D eigenvalue weighted by Crippen LogP contribution is 2.18. The molecular formula is C9H15N3OS. The van der Waals surface area contributed by atoms with Crippen LogP contribution in [0.1, 0.15) is 12.0 Å². The van der Waals surface area contributed by atoms with Crippen LogP contribution < -0.4 is 11.3 Å². The summed E-state index contributed by atoms with van der Waals surface area (Å²) in [6, 6.07) is 3.89. The highest BCUT2D eigenvalue weighted by atomic mass is 32.2. The number of nitrogens with two attached hydrogens (primary N) is 1. The van der Waals surface area contributed by atoms with Crippen LogP contribution in [0.4, 0.5) is 5.82 Å². The second-order valence-corrected chi connectivity index (χ2v) is 3.89. The molecule has 1 heterocycles. The summed E-state index contributed by atoms with van der Waals surface area (Å²) in [6.45, 7) is 0.252. The zero-order valence-electron chi connectivity index (χ0n) is 7.94. The smallest absolute Gasteiger partial charge is 0.143 e. The highest BCUT2D eigenvalue weighted by Gasteiger charge is 2.00. The number of nitrogens with one attached hydrogen (secondary N) is 1. The van der Waals surface area contributed by atoms with E-state index in [1.807, 2.05) is 12.1 Å². The van der Waals surface area contributed by atoms with E-state index in [1.165, 1.54) is 0 Å². The summed E-state index contributed by atoms with van der Waals surface area (Å²) < 4.78 is 0. The lowest BCUT2D eigenvalue weighted by molar-refractivity contribution is 0.296. The largest absolute Gasteiger partial charge is 0.396 e. The summed E-state index contributed by atoms with van der Waals surface area (Å²) in [5.41, 5.74) is 3.66. The number of aliphatic hydroxyl groups excluding tert-OH is 1. The van der Waals surface area contributed by atoms with Crippen LogP contribution in [-0.4, -0.2) is 22.5 Å². The molecule has 0 saturated carbocycles. The molecule has 0 radical (unpaired) electrons. The average molecular weight is 213 g/mol. The molecule has 0 fully saturated rings. The van der Waals surface area contributed by atoms with Gasteiger partial charge in [0.2, 0.25) is 0 Å². The molecule has 14 heavy (non-hydrogen) atoms. The van der Waals surface area contributed by atoms with Crippen molar-refractivity contribution in [1.29, 1.82) is 0 Å². The lowest BCUT2D eigenvalue weighted by Crippen LogP contribution is -2.10. The first kappa shape index (κ1) is 11.3. The van der Waals surface area contributed by atoms with Gasteiger partial charge in [0.05, 0.1) is 0 Å². The van der Waals surface area contributed by atoms with Gasteiger partial charge in [-0.25, -0.2) is 10.8 Å². The molecule has 4 nitrogen and oxygen atoms in total. The van der Waals surface area contributed by atoms with Gasteiger partial charge in [-0.1, -0.05) is 6.07 Å². The maximum atomic E-state index is 8.61. The number of nitrogen functional groups attached to an aromatic ring is 1. The van der Waals surface area contributed by atoms with Gasteiger partial charge >= 0.3 is 0 Å². The highest BCUT2D eigenvalue weighted by molar-refractivity contribution is 7.98. The fourth-order valence-electron chi connectivity index (χ4n) is 1.03. The maximum absolute atomic E-state index is 8.61. The molecule has 0 aliphatic carbocycles. The molecule has 4 N–H and O–H groups in total. The number of thioether (sulfide) groups is 1.